The zero-order chi connectivity index (χ0) is 22.4. The topological polar surface area (TPSA) is 87.2 Å². The maximum absolute atomic E-state index is 14.7. The Labute approximate surface area is 179 Å². The van der Waals surface area contributed by atoms with E-state index in [0.29, 0.717) is 10.6 Å². The van der Waals surface area contributed by atoms with Crippen molar-refractivity contribution < 1.29 is 27.5 Å². The van der Waals surface area contributed by atoms with Gasteiger partial charge in [0.25, 0.3) is 0 Å². The normalized spacial score (nSPS) is 18.0. The molecule has 1 aliphatic heterocycles. The third-order valence-corrected chi connectivity index (χ3v) is 7.59. The fourth-order valence-corrected chi connectivity index (χ4v) is 5.72. The minimum atomic E-state index is -4.23. The maximum atomic E-state index is 14.7. The molecule has 10 heteroatoms. The summed E-state index contributed by atoms with van der Waals surface area (Å²) in [6.45, 7) is 4.59. The largest absolute Gasteiger partial charge is 0.480 e. The van der Waals surface area contributed by atoms with Gasteiger partial charge < -0.3 is 5.11 Å². The van der Waals surface area contributed by atoms with E-state index in [1.165, 1.54) is 43.4 Å². The molecule has 3 rings (SSSR count). The summed E-state index contributed by atoms with van der Waals surface area (Å²) in [4.78, 5) is 17.4. The Morgan fingerprint density at radius 2 is 1.93 bits per heavy atom. The van der Waals surface area contributed by atoms with E-state index in [1.54, 1.807) is 19.9 Å². The van der Waals surface area contributed by atoms with Gasteiger partial charge in [0, 0.05) is 10.9 Å². The highest BCUT2D eigenvalue weighted by molar-refractivity contribution is 7.89. The zero-order valence-electron chi connectivity index (χ0n) is 16.9. The molecule has 0 unspecified atom stereocenters. The van der Waals surface area contributed by atoms with Gasteiger partial charge in [-0.3, -0.25) is 9.63 Å². The Kier molecular flexibility index (Phi) is 6.10. The summed E-state index contributed by atoms with van der Waals surface area (Å²) in [7, 11) is -2.89. The van der Waals surface area contributed by atoms with Crippen LogP contribution < -0.4 is 5.06 Å². The van der Waals surface area contributed by atoms with Crippen molar-refractivity contribution in [3.05, 3.63) is 57.9 Å². The number of hydrogen-bond acceptors (Lipinski definition) is 5. The number of hydrogen-bond donors (Lipinski definition) is 1. The maximum Gasteiger partial charge on any atom is 0.322 e. The summed E-state index contributed by atoms with van der Waals surface area (Å²) in [5.41, 5.74) is 1.74. The lowest BCUT2D eigenvalue weighted by molar-refractivity contribution is -0.142. The van der Waals surface area contributed by atoms with Crippen LogP contribution in [0.2, 0.25) is 5.02 Å². The number of carboxylic acid groups (broad SMARTS) is 1. The summed E-state index contributed by atoms with van der Waals surface area (Å²) in [6, 6.07) is 5.43. The Hall–Kier alpha value is -2.20. The van der Waals surface area contributed by atoms with Crippen LogP contribution in [0.4, 0.5) is 10.1 Å². The molecule has 0 saturated heterocycles. The van der Waals surface area contributed by atoms with Crippen molar-refractivity contribution in [3.63, 3.8) is 0 Å². The molecule has 2 atom stereocenters. The van der Waals surface area contributed by atoms with Crippen molar-refractivity contribution in [1.29, 1.82) is 0 Å². The Morgan fingerprint density at radius 3 is 2.53 bits per heavy atom. The van der Waals surface area contributed by atoms with E-state index in [0.717, 1.165) is 9.87 Å². The minimum Gasteiger partial charge on any atom is -0.480 e. The molecule has 2 aromatic rings. The third-order valence-electron chi connectivity index (χ3n) is 5.49. The molecule has 1 heterocycles. The molecular formula is C20H22ClFN2O5S. The van der Waals surface area contributed by atoms with Crippen LogP contribution >= 0.6 is 11.6 Å². The third kappa shape index (κ3) is 3.66. The van der Waals surface area contributed by atoms with Crippen LogP contribution in [-0.2, 0) is 19.7 Å². The Bertz CT molecular complexity index is 1110. The van der Waals surface area contributed by atoms with Crippen molar-refractivity contribution in [1.82, 2.24) is 4.31 Å². The molecule has 1 N–H and O–H groups in total. The molecule has 0 spiro atoms. The highest BCUT2D eigenvalue weighted by atomic mass is 35.5. The average molecular weight is 457 g/mol. The minimum absolute atomic E-state index is 0.139. The lowest BCUT2D eigenvalue weighted by atomic mass is 9.87. The van der Waals surface area contributed by atoms with Crippen molar-refractivity contribution in [2.75, 3.05) is 18.8 Å². The molecule has 162 valence electrons. The number of nitrogens with zero attached hydrogens (tertiary/aromatic N) is 2. The Morgan fingerprint density at radius 1 is 1.27 bits per heavy atom. The van der Waals surface area contributed by atoms with Crippen molar-refractivity contribution in [3.8, 4) is 0 Å². The number of rotatable bonds is 5. The molecule has 30 heavy (non-hydrogen) atoms. The SMILES string of the molecule is CON1CN([C@H](C(=O)O)[C@H](C)c2c(F)ccc(C)c2C)S(=O)(=O)c2ccc(Cl)cc21. The van der Waals surface area contributed by atoms with E-state index >= 15 is 0 Å². The van der Waals surface area contributed by atoms with Gasteiger partial charge >= 0.3 is 5.97 Å². The number of aryl methyl sites for hydroxylation is 1. The number of sulfonamides is 1. The number of benzene rings is 2. The number of carboxylic acids is 1. The second kappa shape index (κ2) is 8.14. The van der Waals surface area contributed by atoms with Crippen LogP contribution in [0.25, 0.3) is 0 Å². The van der Waals surface area contributed by atoms with Gasteiger partial charge in [-0.05, 0) is 54.8 Å². The zero-order valence-corrected chi connectivity index (χ0v) is 18.5. The van der Waals surface area contributed by atoms with Gasteiger partial charge in [-0.1, -0.05) is 24.6 Å². The lowest BCUT2D eigenvalue weighted by Gasteiger charge is -2.40. The summed E-state index contributed by atoms with van der Waals surface area (Å²) in [5, 5.41) is 11.5. The van der Waals surface area contributed by atoms with Crippen LogP contribution in [0.15, 0.2) is 35.2 Å². The van der Waals surface area contributed by atoms with Crippen LogP contribution in [0, 0.1) is 19.7 Å². The van der Waals surface area contributed by atoms with Gasteiger partial charge in [0.15, 0.2) is 0 Å². The number of carbonyl (C=O) groups is 1. The van der Waals surface area contributed by atoms with Gasteiger partial charge in [0.2, 0.25) is 10.0 Å². The molecule has 0 radical (unpaired) electrons. The van der Waals surface area contributed by atoms with Gasteiger partial charge in [-0.15, -0.1) is 0 Å². The summed E-state index contributed by atoms with van der Waals surface area (Å²) >= 11 is 6.00. The molecular weight excluding hydrogens is 435 g/mol. The fraction of sp³-hybridized carbons (Fsp3) is 0.350. The van der Waals surface area contributed by atoms with E-state index in [9.17, 15) is 22.7 Å². The van der Waals surface area contributed by atoms with Gasteiger partial charge in [-0.25, -0.2) is 17.9 Å². The van der Waals surface area contributed by atoms with E-state index in [-0.39, 0.29) is 22.8 Å². The molecule has 0 bridgehead atoms. The van der Waals surface area contributed by atoms with Crippen molar-refractivity contribution in [2.24, 2.45) is 0 Å². The number of halogens is 2. The summed E-state index contributed by atoms with van der Waals surface area (Å²) in [6.07, 6.45) is 0. The molecule has 0 aromatic heterocycles. The standard InChI is InChI=1S/C20H22ClFN2O5S/c1-11-5-7-15(22)18(12(11)2)13(3)19(20(25)26)24-10-23(29-4)16-9-14(21)6-8-17(16)30(24,27)28/h5-9,13,19H,10H2,1-4H3,(H,25,26)/t13-,19+/m1/s1. The first-order valence-electron chi connectivity index (χ1n) is 9.12. The molecule has 0 amide bonds. The van der Waals surface area contributed by atoms with Crippen molar-refractivity contribution in [2.45, 2.75) is 37.6 Å². The first kappa shape index (κ1) is 22.5. The summed E-state index contributed by atoms with van der Waals surface area (Å²) in [5.74, 6) is -2.94. The first-order chi connectivity index (χ1) is 14.0. The molecule has 7 nitrogen and oxygen atoms in total. The average Bonchev–Trinajstić information content (AvgIpc) is 2.66. The molecule has 0 aliphatic carbocycles. The second-order valence-electron chi connectivity index (χ2n) is 7.18. The lowest BCUT2D eigenvalue weighted by Crippen LogP contribution is -2.55. The Balaban J connectivity index is 2.17. The first-order valence-corrected chi connectivity index (χ1v) is 10.9. The van der Waals surface area contributed by atoms with Gasteiger partial charge in [0.1, 0.15) is 23.4 Å². The van der Waals surface area contributed by atoms with E-state index in [4.69, 9.17) is 16.4 Å². The smallest absolute Gasteiger partial charge is 0.322 e. The van der Waals surface area contributed by atoms with Crippen LogP contribution in [0.3, 0.4) is 0 Å². The van der Waals surface area contributed by atoms with Crippen LogP contribution in [-0.4, -0.2) is 43.6 Å². The molecule has 2 aromatic carbocycles. The number of anilines is 1. The predicted molar refractivity (Wildman–Crippen MR) is 111 cm³/mol. The van der Waals surface area contributed by atoms with Crippen LogP contribution in [0.5, 0.6) is 0 Å². The van der Waals surface area contributed by atoms with E-state index in [2.05, 4.69) is 0 Å². The van der Waals surface area contributed by atoms with E-state index in [1.807, 2.05) is 0 Å². The highest BCUT2D eigenvalue weighted by Crippen LogP contribution is 2.39. The van der Waals surface area contributed by atoms with Gasteiger partial charge in [0.05, 0.1) is 12.8 Å². The molecule has 0 fully saturated rings. The second-order valence-corrected chi connectivity index (χ2v) is 9.48. The van der Waals surface area contributed by atoms with E-state index < -0.39 is 33.8 Å². The number of aliphatic carboxylic acids is 1. The van der Waals surface area contributed by atoms with Gasteiger partial charge in [-0.2, -0.15) is 4.31 Å². The van der Waals surface area contributed by atoms with Crippen molar-refractivity contribution >= 4 is 33.3 Å². The molecule has 1 aliphatic rings. The summed E-state index contributed by atoms with van der Waals surface area (Å²) < 4.78 is 42.2. The number of hydroxylamine groups is 1. The fourth-order valence-electron chi connectivity index (χ4n) is 3.81. The monoisotopic (exact) mass is 456 g/mol. The molecule has 0 saturated carbocycles. The predicted octanol–water partition coefficient (Wildman–Crippen LogP) is 3.68. The highest BCUT2D eigenvalue weighted by Gasteiger charge is 2.46. The quantitative estimate of drug-likeness (QED) is 0.738. The number of fused-ring (bicyclic) bond motifs is 1. The van der Waals surface area contributed by atoms with Crippen LogP contribution in [0.1, 0.15) is 29.5 Å².